The molecule has 1 aliphatic heterocycles. The summed E-state index contributed by atoms with van der Waals surface area (Å²) in [6.45, 7) is 1.72. The highest BCUT2D eigenvalue weighted by Gasteiger charge is 2.33. The molecule has 0 saturated heterocycles. The maximum absolute atomic E-state index is 12.6. The molecule has 0 aromatic heterocycles. The summed E-state index contributed by atoms with van der Waals surface area (Å²) >= 11 is 5.92. The highest BCUT2D eigenvalue weighted by atomic mass is 35.5. The molecule has 1 unspecified atom stereocenters. The number of rotatable bonds is 3. The van der Waals surface area contributed by atoms with E-state index in [1.165, 1.54) is 0 Å². The SMILES string of the molecule is CC1=C(C(=O)OC2CCCC2)C(c2ccc(Cl)cc2)NC(=O)N1. The predicted octanol–water partition coefficient (Wildman–Crippen LogP) is 3.45. The molecule has 1 aliphatic carbocycles. The maximum Gasteiger partial charge on any atom is 0.338 e. The molecule has 1 saturated carbocycles. The minimum absolute atomic E-state index is 0.0219. The van der Waals surface area contributed by atoms with Gasteiger partial charge in [0.2, 0.25) is 0 Å². The third kappa shape index (κ3) is 3.50. The van der Waals surface area contributed by atoms with Crippen molar-refractivity contribution in [2.45, 2.75) is 44.8 Å². The van der Waals surface area contributed by atoms with E-state index in [2.05, 4.69) is 10.6 Å². The Kier molecular flexibility index (Phi) is 4.57. The molecule has 2 amide bonds. The lowest BCUT2D eigenvalue weighted by Crippen LogP contribution is -2.45. The Morgan fingerprint density at radius 3 is 2.52 bits per heavy atom. The highest BCUT2D eigenvalue weighted by Crippen LogP contribution is 2.30. The van der Waals surface area contributed by atoms with Crippen LogP contribution in [-0.2, 0) is 9.53 Å². The number of urea groups is 1. The first-order chi connectivity index (χ1) is 11.0. The summed E-state index contributed by atoms with van der Waals surface area (Å²) in [6.07, 6.45) is 3.97. The number of carbonyl (C=O) groups excluding carboxylic acids is 2. The summed E-state index contributed by atoms with van der Waals surface area (Å²) < 4.78 is 5.62. The second-order valence-corrected chi connectivity index (χ2v) is 6.37. The Morgan fingerprint density at radius 1 is 1.22 bits per heavy atom. The van der Waals surface area contributed by atoms with E-state index in [1.807, 2.05) is 0 Å². The molecule has 2 aliphatic rings. The number of ether oxygens (including phenoxy) is 1. The van der Waals surface area contributed by atoms with Gasteiger partial charge < -0.3 is 15.4 Å². The number of amides is 2. The number of esters is 1. The number of halogens is 1. The zero-order valence-corrected chi connectivity index (χ0v) is 13.7. The molecule has 6 heteroatoms. The Bertz CT molecular complexity index is 648. The fourth-order valence-corrected chi connectivity index (χ4v) is 3.22. The summed E-state index contributed by atoms with van der Waals surface area (Å²) in [5.41, 5.74) is 1.76. The molecule has 122 valence electrons. The molecule has 3 rings (SSSR count). The Morgan fingerprint density at radius 2 is 1.87 bits per heavy atom. The number of hydrogen-bond acceptors (Lipinski definition) is 3. The molecule has 0 bridgehead atoms. The largest absolute Gasteiger partial charge is 0.459 e. The van der Waals surface area contributed by atoms with Crippen molar-refractivity contribution in [2.75, 3.05) is 0 Å². The van der Waals surface area contributed by atoms with Crippen LogP contribution in [0.3, 0.4) is 0 Å². The first-order valence-corrected chi connectivity index (χ1v) is 8.17. The average molecular weight is 335 g/mol. The van der Waals surface area contributed by atoms with E-state index >= 15 is 0 Å². The number of allylic oxidation sites excluding steroid dienone is 1. The van der Waals surface area contributed by atoms with Gasteiger partial charge in [-0.15, -0.1) is 0 Å². The number of hydrogen-bond donors (Lipinski definition) is 2. The summed E-state index contributed by atoms with van der Waals surface area (Å²) in [4.78, 5) is 24.4. The molecule has 23 heavy (non-hydrogen) atoms. The molecule has 1 heterocycles. The van der Waals surface area contributed by atoms with Gasteiger partial charge in [0, 0.05) is 10.7 Å². The minimum atomic E-state index is -0.532. The van der Waals surface area contributed by atoms with Crippen molar-refractivity contribution >= 4 is 23.6 Å². The molecular weight excluding hydrogens is 316 g/mol. The molecule has 0 spiro atoms. The molecule has 1 atom stereocenters. The van der Waals surface area contributed by atoms with E-state index in [4.69, 9.17) is 16.3 Å². The lowest BCUT2D eigenvalue weighted by Gasteiger charge is -2.28. The fraction of sp³-hybridized carbons (Fsp3) is 0.412. The van der Waals surface area contributed by atoms with Crippen LogP contribution in [0.1, 0.15) is 44.2 Å². The smallest absolute Gasteiger partial charge is 0.338 e. The molecule has 2 N–H and O–H groups in total. The molecule has 5 nitrogen and oxygen atoms in total. The third-order valence-corrected chi connectivity index (χ3v) is 4.52. The Balaban J connectivity index is 1.88. The number of nitrogens with one attached hydrogen (secondary N) is 2. The van der Waals surface area contributed by atoms with Crippen LogP contribution in [0.15, 0.2) is 35.5 Å². The van der Waals surface area contributed by atoms with E-state index in [-0.39, 0.29) is 18.1 Å². The Hall–Kier alpha value is -2.01. The number of carbonyl (C=O) groups is 2. The van der Waals surface area contributed by atoms with Gasteiger partial charge in [0.1, 0.15) is 6.10 Å². The van der Waals surface area contributed by atoms with Crippen LogP contribution in [0.4, 0.5) is 4.79 Å². The van der Waals surface area contributed by atoms with E-state index < -0.39 is 6.04 Å². The first-order valence-electron chi connectivity index (χ1n) is 7.79. The molecular formula is C17H19ClN2O3. The van der Waals surface area contributed by atoms with Gasteiger partial charge >= 0.3 is 12.0 Å². The van der Waals surface area contributed by atoms with Gasteiger partial charge in [-0.25, -0.2) is 9.59 Å². The Labute approximate surface area is 140 Å². The number of benzene rings is 1. The van der Waals surface area contributed by atoms with Gasteiger partial charge in [-0.3, -0.25) is 0 Å². The van der Waals surface area contributed by atoms with Gasteiger partial charge in [-0.2, -0.15) is 0 Å². The summed E-state index contributed by atoms with van der Waals surface area (Å²) in [7, 11) is 0. The van der Waals surface area contributed by atoms with Gasteiger partial charge in [0.25, 0.3) is 0 Å². The highest BCUT2D eigenvalue weighted by molar-refractivity contribution is 6.30. The second-order valence-electron chi connectivity index (χ2n) is 5.93. The van der Waals surface area contributed by atoms with E-state index in [1.54, 1.807) is 31.2 Å². The predicted molar refractivity (Wildman–Crippen MR) is 86.9 cm³/mol. The van der Waals surface area contributed by atoms with E-state index in [9.17, 15) is 9.59 Å². The van der Waals surface area contributed by atoms with Crippen molar-refractivity contribution in [2.24, 2.45) is 0 Å². The topological polar surface area (TPSA) is 67.4 Å². The molecule has 1 aromatic carbocycles. The zero-order chi connectivity index (χ0) is 16.4. The molecule has 1 aromatic rings. The van der Waals surface area contributed by atoms with Crippen LogP contribution in [0.2, 0.25) is 5.02 Å². The second kappa shape index (κ2) is 6.62. The standard InChI is InChI=1S/C17H19ClN2O3/c1-10-14(16(21)23-13-4-2-3-5-13)15(20-17(22)19-10)11-6-8-12(18)9-7-11/h6-9,13,15H,2-5H2,1H3,(H2,19,20,22). The minimum Gasteiger partial charge on any atom is -0.459 e. The maximum atomic E-state index is 12.6. The first kappa shape index (κ1) is 15.9. The lowest BCUT2D eigenvalue weighted by molar-refractivity contribution is -0.144. The van der Waals surface area contributed by atoms with Crippen LogP contribution >= 0.6 is 11.6 Å². The zero-order valence-electron chi connectivity index (χ0n) is 12.9. The van der Waals surface area contributed by atoms with Crippen molar-refractivity contribution in [1.82, 2.24) is 10.6 Å². The lowest BCUT2D eigenvalue weighted by atomic mass is 9.95. The van der Waals surface area contributed by atoms with E-state index in [0.717, 1.165) is 31.2 Å². The normalized spacial score (nSPS) is 21.8. The quantitative estimate of drug-likeness (QED) is 0.832. The third-order valence-electron chi connectivity index (χ3n) is 4.27. The van der Waals surface area contributed by atoms with Gasteiger partial charge in [0.05, 0.1) is 11.6 Å². The van der Waals surface area contributed by atoms with Crippen LogP contribution in [0, 0.1) is 0 Å². The summed E-state index contributed by atoms with van der Waals surface area (Å²) in [5, 5.41) is 6.04. The van der Waals surface area contributed by atoms with Crippen LogP contribution in [0.25, 0.3) is 0 Å². The fourth-order valence-electron chi connectivity index (χ4n) is 3.09. The van der Waals surface area contributed by atoms with Crippen LogP contribution < -0.4 is 10.6 Å². The van der Waals surface area contributed by atoms with E-state index in [0.29, 0.717) is 16.3 Å². The van der Waals surface area contributed by atoms with Gasteiger partial charge in [-0.1, -0.05) is 23.7 Å². The van der Waals surface area contributed by atoms with Crippen LogP contribution in [-0.4, -0.2) is 18.1 Å². The molecule has 1 fully saturated rings. The van der Waals surface area contributed by atoms with Gasteiger partial charge in [-0.05, 0) is 50.3 Å². The average Bonchev–Trinajstić information content (AvgIpc) is 3.00. The van der Waals surface area contributed by atoms with Crippen molar-refractivity contribution in [3.63, 3.8) is 0 Å². The summed E-state index contributed by atoms with van der Waals surface area (Å²) in [5.74, 6) is -0.373. The molecule has 0 radical (unpaired) electrons. The van der Waals surface area contributed by atoms with Gasteiger partial charge in [0.15, 0.2) is 0 Å². The summed E-state index contributed by atoms with van der Waals surface area (Å²) in [6, 6.07) is 6.21. The van der Waals surface area contributed by atoms with Crippen LogP contribution in [0.5, 0.6) is 0 Å². The monoisotopic (exact) mass is 334 g/mol. The van der Waals surface area contributed by atoms with Crippen molar-refractivity contribution in [1.29, 1.82) is 0 Å². The van der Waals surface area contributed by atoms with Crippen molar-refractivity contribution in [3.05, 3.63) is 46.1 Å². The van der Waals surface area contributed by atoms with Crippen molar-refractivity contribution < 1.29 is 14.3 Å². The van der Waals surface area contributed by atoms with Crippen molar-refractivity contribution in [3.8, 4) is 0 Å².